The van der Waals surface area contributed by atoms with Gasteiger partial charge in [0.2, 0.25) is 5.91 Å². The summed E-state index contributed by atoms with van der Waals surface area (Å²) >= 11 is 1.37. The van der Waals surface area contributed by atoms with Crippen molar-refractivity contribution in [1.82, 2.24) is 5.32 Å². The van der Waals surface area contributed by atoms with Crippen molar-refractivity contribution >= 4 is 45.0 Å². The molecule has 0 radical (unpaired) electrons. The van der Waals surface area contributed by atoms with Crippen molar-refractivity contribution in [3.63, 3.8) is 0 Å². The normalized spacial score (nSPS) is 17.7. The van der Waals surface area contributed by atoms with Crippen LogP contribution in [0.15, 0.2) is 41.4 Å². The molecule has 0 saturated heterocycles. The molecule has 26 heavy (non-hydrogen) atoms. The van der Waals surface area contributed by atoms with Gasteiger partial charge >= 0.3 is 0 Å². The first-order chi connectivity index (χ1) is 12.7. The second kappa shape index (κ2) is 7.00. The van der Waals surface area contributed by atoms with E-state index in [1.165, 1.54) is 11.8 Å². The number of thioether (sulfide) groups is 1. The molecule has 6 heteroatoms. The number of hydrogen-bond donors (Lipinski definition) is 2. The van der Waals surface area contributed by atoms with Crippen LogP contribution in [0.25, 0.3) is 10.8 Å². The van der Waals surface area contributed by atoms with E-state index in [2.05, 4.69) is 33.8 Å². The van der Waals surface area contributed by atoms with Gasteiger partial charge in [0.15, 0.2) is 5.17 Å². The highest BCUT2D eigenvalue weighted by Crippen LogP contribution is 2.37. The average molecular weight is 364 g/mol. The summed E-state index contributed by atoms with van der Waals surface area (Å²) in [6.07, 6.45) is 4.62. The lowest BCUT2D eigenvalue weighted by Crippen LogP contribution is -2.49. The van der Waals surface area contributed by atoms with Crippen LogP contribution in [-0.4, -0.2) is 22.4 Å². The lowest BCUT2D eigenvalue weighted by atomic mass is 9.83. The molecule has 4 rings (SSSR count). The van der Waals surface area contributed by atoms with Crippen molar-refractivity contribution in [3.8, 4) is 6.07 Å². The minimum absolute atomic E-state index is 0.111. The Morgan fingerprint density at radius 2 is 2.00 bits per heavy atom. The number of carbonyl (C=O) groups excluding carboxylic acids is 1. The number of anilines is 1. The van der Waals surface area contributed by atoms with Gasteiger partial charge in [-0.25, -0.2) is 4.99 Å². The van der Waals surface area contributed by atoms with Crippen LogP contribution in [-0.2, 0) is 4.79 Å². The molecule has 0 bridgehead atoms. The van der Waals surface area contributed by atoms with Crippen LogP contribution in [0, 0.1) is 11.3 Å². The third-order valence-corrected chi connectivity index (χ3v) is 5.86. The summed E-state index contributed by atoms with van der Waals surface area (Å²) in [6, 6.07) is 14.5. The summed E-state index contributed by atoms with van der Waals surface area (Å²) in [5.74, 6) is 0.132. The van der Waals surface area contributed by atoms with Crippen molar-refractivity contribution in [2.75, 3.05) is 11.1 Å². The zero-order valence-electron chi connectivity index (χ0n) is 14.4. The number of hydrogen-bond acceptors (Lipinski definition) is 5. The van der Waals surface area contributed by atoms with E-state index in [0.717, 1.165) is 54.3 Å². The van der Waals surface area contributed by atoms with E-state index in [9.17, 15) is 10.1 Å². The molecular formula is C20H20N4OS. The summed E-state index contributed by atoms with van der Waals surface area (Å²) in [7, 11) is 0. The Bertz CT molecular complexity index is 920. The van der Waals surface area contributed by atoms with Gasteiger partial charge < -0.3 is 10.6 Å². The quantitative estimate of drug-likeness (QED) is 0.850. The van der Waals surface area contributed by atoms with E-state index in [4.69, 9.17) is 0 Å². The highest BCUT2D eigenvalue weighted by molar-refractivity contribution is 8.14. The molecule has 0 atom stereocenters. The molecule has 2 N–H and O–H groups in total. The van der Waals surface area contributed by atoms with Crippen molar-refractivity contribution in [3.05, 3.63) is 36.4 Å². The molecule has 2 aliphatic rings. The molecule has 1 amide bonds. The van der Waals surface area contributed by atoms with Gasteiger partial charge in [-0.3, -0.25) is 4.79 Å². The Morgan fingerprint density at radius 1 is 1.23 bits per heavy atom. The van der Waals surface area contributed by atoms with Crippen LogP contribution in [0.3, 0.4) is 0 Å². The first-order valence-corrected chi connectivity index (χ1v) is 9.90. The number of amides is 1. The molecule has 2 aromatic rings. The molecule has 1 saturated carbocycles. The molecule has 1 aliphatic carbocycles. The van der Waals surface area contributed by atoms with E-state index in [1.807, 2.05) is 24.3 Å². The van der Waals surface area contributed by atoms with E-state index in [1.54, 1.807) is 0 Å². The van der Waals surface area contributed by atoms with Crippen molar-refractivity contribution < 1.29 is 4.79 Å². The van der Waals surface area contributed by atoms with Gasteiger partial charge in [0.1, 0.15) is 5.54 Å². The molecule has 1 fully saturated rings. The predicted molar refractivity (Wildman–Crippen MR) is 107 cm³/mol. The minimum atomic E-state index is -0.685. The third-order valence-electron chi connectivity index (χ3n) is 4.99. The molecule has 0 unspecified atom stereocenters. The Kier molecular flexibility index (Phi) is 4.56. The number of rotatable bonds is 3. The fourth-order valence-corrected chi connectivity index (χ4v) is 4.38. The summed E-state index contributed by atoms with van der Waals surface area (Å²) in [5.41, 5.74) is 1.24. The molecule has 1 heterocycles. The zero-order chi connectivity index (χ0) is 18.0. The van der Waals surface area contributed by atoms with Gasteiger partial charge in [0, 0.05) is 5.39 Å². The van der Waals surface area contributed by atoms with Crippen LogP contribution in [0.4, 0.5) is 11.4 Å². The molecule has 2 aromatic carbocycles. The second-order valence-corrected chi connectivity index (χ2v) is 7.78. The van der Waals surface area contributed by atoms with Crippen molar-refractivity contribution in [2.24, 2.45) is 4.99 Å². The maximum absolute atomic E-state index is 12.4. The number of nitriles is 1. The van der Waals surface area contributed by atoms with Crippen LogP contribution >= 0.6 is 11.8 Å². The van der Waals surface area contributed by atoms with Crippen LogP contribution in [0.5, 0.6) is 0 Å². The number of aliphatic imine (C=N–C) groups is 1. The second-order valence-electron chi connectivity index (χ2n) is 6.81. The maximum Gasteiger partial charge on any atom is 0.231 e. The molecular weight excluding hydrogens is 344 g/mol. The maximum atomic E-state index is 12.4. The van der Waals surface area contributed by atoms with Gasteiger partial charge in [-0.2, -0.15) is 5.26 Å². The highest BCUT2D eigenvalue weighted by atomic mass is 32.2. The van der Waals surface area contributed by atoms with Gasteiger partial charge in [-0.05, 0) is 30.4 Å². The van der Waals surface area contributed by atoms with Crippen LogP contribution in [0.1, 0.15) is 32.1 Å². The SMILES string of the molecule is N#CC1(NC(=O)CSC2=Nc3cccc4cccc(c34)N2)CCCCC1. The number of benzene rings is 2. The molecule has 132 valence electrons. The standard InChI is InChI=1S/C20H20N4OS/c21-13-20(10-2-1-3-11-20)24-17(25)12-26-19-22-15-8-4-6-14-7-5-9-16(23-19)18(14)15/h4-9H,1-3,10-12H2,(H,22,23)(H,24,25). The molecule has 0 aromatic heterocycles. The number of nitrogens with zero attached hydrogens (tertiary/aromatic N) is 2. The monoisotopic (exact) mass is 364 g/mol. The summed E-state index contributed by atoms with van der Waals surface area (Å²) in [6.45, 7) is 0. The van der Waals surface area contributed by atoms with Gasteiger partial charge in [-0.15, -0.1) is 0 Å². The van der Waals surface area contributed by atoms with Crippen molar-refractivity contribution in [1.29, 1.82) is 5.26 Å². The topological polar surface area (TPSA) is 77.3 Å². The van der Waals surface area contributed by atoms with E-state index in [0.29, 0.717) is 5.17 Å². The van der Waals surface area contributed by atoms with E-state index < -0.39 is 5.54 Å². The Balaban J connectivity index is 1.44. The summed E-state index contributed by atoms with van der Waals surface area (Å²) in [4.78, 5) is 17.0. The first-order valence-electron chi connectivity index (χ1n) is 8.92. The number of carbonyl (C=O) groups is 1. The first kappa shape index (κ1) is 16.9. The number of nitrogens with one attached hydrogen (secondary N) is 2. The summed E-state index contributed by atoms with van der Waals surface area (Å²) in [5, 5.41) is 18.7. The fraction of sp³-hybridized carbons (Fsp3) is 0.350. The van der Waals surface area contributed by atoms with Crippen molar-refractivity contribution in [2.45, 2.75) is 37.6 Å². The Hall–Kier alpha value is -2.52. The van der Waals surface area contributed by atoms with Crippen LogP contribution in [0.2, 0.25) is 0 Å². The minimum Gasteiger partial charge on any atom is -0.337 e. The van der Waals surface area contributed by atoms with Gasteiger partial charge in [-0.1, -0.05) is 55.3 Å². The fourth-order valence-electron chi connectivity index (χ4n) is 3.70. The predicted octanol–water partition coefficient (Wildman–Crippen LogP) is 4.33. The average Bonchev–Trinajstić information content (AvgIpc) is 2.67. The van der Waals surface area contributed by atoms with Crippen LogP contribution < -0.4 is 10.6 Å². The lowest BCUT2D eigenvalue weighted by Gasteiger charge is -2.31. The zero-order valence-corrected chi connectivity index (χ0v) is 15.2. The van der Waals surface area contributed by atoms with Gasteiger partial charge in [0.25, 0.3) is 0 Å². The smallest absolute Gasteiger partial charge is 0.231 e. The highest BCUT2D eigenvalue weighted by Gasteiger charge is 2.33. The molecule has 0 spiro atoms. The van der Waals surface area contributed by atoms with Gasteiger partial charge in [0.05, 0.1) is 23.2 Å². The van der Waals surface area contributed by atoms with E-state index >= 15 is 0 Å². The molecule has 5 nitrogen and oxygen atoms in total. The number of amidine groups is 1. The molecule has 1 aliphatic heterocycles. The van der Waals surface area contributed by atoms with E-state index in [-0.39, 0.29) is 11.7 Å². The largest absolute Gasteiger partial charge is 0.337 e. The lowest BCUT2D eigenvalue weighted by molar-refractivity contribution is -0.120. The Labute approximate surface area is 156 Å². The third kappa shape index (κ3) is 3.27. The Morgan fingerprint density at radius 3 is 2.77 bits per heavy atom. The summed E-state index contributed by atoms with van der Waals surface area (Å²) < 4.78 is 0.